The van der Waals surface area contributed by atoms with E-state index in [9.17, 15) is 4.79 Å². The number of hydrogen-bond donors (Lipinski definition) is 1. The molecule has 5 rings (SSSR count). The summed E-state index contributed by atoms with van der Waals surface area (Å²) in [6.07, 6.45) is 2.51. The average Bonchev–Trinajstić information content (AvgIpc) is 3.43. The Kier molecular flexibility index (Phi) is 4.40. The first-order chi connectivity index (χ1) is 14.1. The van der Waals surface area contributed by atoms with E-state index in [1.807, 2.05) is 24.3 Å². The van der Waals surface area contributed by atoms with Crippen molar-refractivity contribution in [2.45, 2.75) is 24.9 Å². The van der Waals surface area contributed by atoms with Crippen LogP contribution in [-0.2, 0) is 18.2 Å². The van der Waals surface area contributed by atoms with Gasteiger partial charge in [0.05, 0.1) is 25.5 Å². The molecule has 1 aliphatic heterocycles. The Morgan fingerprint density at radius 3 is 2.93 bits per heavy atom. The van der Waals surface area contributed by atoms with E-state index in [2.05, 4.69) is 25.1 Å². The Hall–Kier alpha value is -3.04. The Balaban J connectivity index is 1.31. The molecule has 1 aliphatic rings. The highest BCUT2D eigenvalue weighted by Gasteiger charge is 2.31. The van der Waals surface area contributed by atoms with Gasteiger partial charge >= 0.3 is 0 Å². The minimum Gasteiger partial charge on any atom is -0.373 e. The van der Waals surface area contributed by atoms with Gasteiger partial charge in [0.25, 0.3) is 5.56 Å². The first-order valence-electron chi connectivity index (χ1n) is 9.16. The van der Waals surface area contributed by atoms with E-state index in [-0.39, 0.29) is 24.0 Å². The van der Waals surface area contributed by atoms with Gasteiger partial charge in [-0.25, -0.2) is 9.97 Å². The molecule has 148 valence electrons. The number of imidazole rings is 1. The predicted octanol–water partition coefficient (Wildman–Crippen LogP) is 2.53. The number of nitrogens with zero attached hydrogens (tertiary/aromatic N) is 5. The summed E-state index contributed by atoms with van der Waals surface area (Å²) >= 11 is 5.95. The lowest BCUT2D eigenvalue weighted by atomic mass is 10.0. The van der Waals surface area contributed by atoms with Gasteiger partial charge in [-0.05, 0) is 24.1 Å². The summed E-state index contributed by atoms with van der Waals surface area (Å²) in [5.41, 5.74) is 1.64. The first kappa shape index (κ1) is 18.0. The number of aromatic nitrogens is 6. The number of H-pyrrole nitrogens is 1. The van der Waals surface area contributed by atoms with Crippen LogP contribution < -0.4 is 5.56 Å². The van der Waals surface area contributed by atoms with Crippen LogP contribution in [0.5, 0.6) is 0 Å². The van der Waals surface area contributed by atoms with Gasteiger partial charge < -0.3 is 18.8 Å². The fourth-order valence-electron chi connectivity index (χ4n) is 3.56. The number of hydrogen-bond acceptors (Lipinski definition) is 7. The molecule has 29 heavy (non-hydrogen) atoms. The topological polar surface area (TPSA) is 112 Å². The van der Waals surface area contributed by atoms with Gasteiger partial charge in [0.15, 0.2) is 17.0 Å². The molecule has 0 radical (unpaired) electrons. The Labute approximate surface area is 169 Å². The highest BCUT2D eigenvalue weighted by atomic mass is 35.5. The molecule has 4 heterocycles. The number of aryl methyl sites for hydroxylation is 1. The minimum atomic E-state index is -0.250. The van der Waals surface area contributed by atoms with Crippen molar-refractivity contribution in [1.82, 2.24) is 29.7 Å². The molecule has 3 aromatic heterocycles. The van der Waals surface area contributed by atoms with Crippen molar-refractivity contribution < 1.29 is 9.26 Å². The van der Waals surface area contributed by atoms with Crippen molar-refractivity contribution in [3.05, 3.63) is 69.1 Å². The van der Waals surface area contributed by atoms with E-state index >= 15 is 0 Å². The monoisotopic (exact) mass is 412 g/mol. The highest BCUT2D eigenvalue weighted by Crippen LogP contribution is 2.37. The second-order valence-corrected chi connectivity index (χ2v) is 7.51. The molecule has 0 aliphatic carbocycles. The first-order valence-corrected chi connectivity index (χ1v) is 9.54. The number of benzene rings is 1. The van der Waals surface area contributed by atoms with Crippen LogP contribution in [0.25, 0.3) is 11.2 Å². The lowest BCUT2D eigenvalue weighted by Crippen LogP contribution is -2.14. The Morgan fingerprint density at radius 1 is 1.28 bits per heavy atom. The van der Waals surface area contributed by atoms with E-state index in [1.54, 1.807) is 17.9 Å². The van der Waals surface area contributed by atoms with Gasteiger partial charge in [0.1, 0.15) is 5.82 Å². The summed E-state index contributed by atoms with van der Waals surface area (Å²) < 4.78 is 12.9. The number of rotatable bonds is 4. The summed E-state index contributed by atoms with van der Waals surface area (Å²) in [5.74, 6) is 1.45. The zero-order valence-corrected chi connectivity index (χ0v) is 16.3. The zero-order chi connectivity index (χ0) is 20.0. The smallest absolute Gasteiger partial charge is 0.277 e. The van der Waals surface area contributed by atoms with Crippen molar-refractivity contribution in [3.8, 4) is 0 Å². The largest absolute Gasteiger partial charge is 0.373 e. The molecule has 0 saturated carbocycles. The van der Waals surface area contributed by atoms with Gasteiger partial charge in [0.2, 0.25) is 5.89 Å². The van der Waals surface area contributed by atoms with E-state index in [0.717, 1.165) is 12.0 Å². The van der Waals surface area contributed by atoms with E-state index in [0.29, 0.717) is 40.3 Å². The SMILES string of the molecule is Cn1cnc2nc(Cc3nc([C@@H]4CO[C@@H](c5ccc(Cl)cc5)C4)no3)[nH]c(=O)c21. The van der Waals surface area contributed by atoms with Crippen LogP contribution in [0.4, 0.5) is 0 Å². The number of aromatic amines is 1. The van der Waals surface area contributed by atoms with Crippen molar-refractivity contribution >= 4 is 22.8 Å². The molecule has 0 amide bonds. The third-order valence-corrected chi connectivity index (χ3v) is 5.29. The lowest BCUT2D eigenvalue weighted by Gasteiger charge is -2.09. The maximum atomic E-state index is 12.2. The molecule has 0 bridgehead atoms. The van der Waals surface area contributed by atoms with E-state index in [1.165, 1.54) is 0 Å². The fraction of sp³-hybridized carbons (Fsp3) is 0.316. The zero-order valence-electron chi connectivity index (χ0n) is 15.5. The average molecular weight is 413 g/mol. The summed E-state index contributed by atoms with van der Waals surface area (Å²) in [7, 11) is 1.75. The van der Waals surface area contributed by atoms with Crippen LogP contribution in [0.2, 0.25) is 5.02 Å². The van der Waals surface area contributed by atoms with Crippen LogP contribution in [0.3, 0.4) is 0 Å². The molecule has 0 spiro atoms. The molecular weight excluding hydrogens is 396 g/mol. The summed E-state index contributed by atoms with van der Waals surface area (Å²) in [6, 6.07) is 7.64. The Bertz CT molecular complexity index is 1230. The molecule has 9 nitrogen and oxygen atoms in total. The summed E-state index contributed by atoms with van der Waals surface area (Å²) in [4.78, 5) is 28.0. The normalized spacial score (nSPS) is 19.2. The van der Waals surface area contributed by atoms with Crippen molar-refractivity contribution in [2.24, 2.45) is 7.05 Å². The Morgan fingerprint density at radius 2 is 2.10 bits per heavy atom. The minimum absolute atomic E-state index is 0.0243. The molecule has 10 heteroatoms. The molecule has 0 unspecified atom stereocenters. The number of ether oxygens (including phenoxy) is 1. The third kappa shape index (κ3) is 3.43. The number of nitrogens with one attached hydrogen (secondary N) is 1. The number of fused-ring (bicyclic) bond motifs is 1. The predicted molar refractivity (Wildman–Crippen MR) is 104 cm³/mol. The van der Waals surface area contributed by atoms with Crippen LogP contribution >= 0.6 is 11.6 Å². The van der Waals surface area contributed by atoms with Gasteiger partial charge in [-0.15, -0.1) is 0 Å². The molecule has 1 N–H and O–H groups in total. The van der Waals surface area contributed by atoms with Crippen molar-refractivity contribution in [2.75, 3.05) is 6.61 Å². The molecule has 1 fully saturated rings. The highest BCUT2D eigenvalue weighted by molar-refractivity contribution is 6.30. The van der Waals surface area contributed by atoms with Crippen LogP contribution in [0.15, 0.2) is 39.9 Å². The maximum absolute atomic E-state index is 12.2. The maximum Gasteiger partial charge on any atom is 0.277 e. The second-order valence-electron chi connectivity index (χ2n) is 7.07. The summed E-state index contributed by atoms with van der Waals surface area (Å²) in [5, 5.41) is 4.79. The van der Waals surface area contributed by atoms with Gasteiger partial charge in [0, 0.05) is 18.0 Å². The van der Waals surface area contributed by atoms with Crippen molar-refractivity contribution in [1.29, 1.82) is 0 Å². The van der Waals surface area contributed by atoms with E-state index in [4.69, 9.17) is 20.9 Å². The van der Waals surface area contributed by atoms with Crippen LogP contribution in [0, 0.1) is 0 Å². The van der Waals surface area contributed by atoms with Crippen LogP contribution in [-0.4, -0.2) is 36.3 Å². The van der Waals surface area contributed by atoms with E-state index < -0.39 is 0 Å². The summed E-state index contributed by atoms with van der Waals surface area (Å²) in [6.45, 7) is 0.515. The molecule has 2 atom stereocenters. The molecular formula is C19H17ClN6O3. The molecule has 4 aromatic rings. The molecule has 1 aromatic carbocycles. The standard InChI is InChI=1S/C19H17ClN6O3/c1-26-9-21-18-16(26)19(27)23-14(22-18)7-15-24-17(25-29-15)11-6-13(28-8-11)10-2-4-12(20)5-3-10/h2-5,9,11,13H,6-8H2,1H3,(H,22,23,27)/t11-,13+/m0/s1. The lowest BCUT2D eigenvalue weighted by molar-refractivity contribution is 0.110. The molecule has 1 saturated heterocycles. The van der Waals surface area contributed by atoms with Gasteiger partial charge in [-0.2, -0.15) is 4.98 Å². The quantitative estimate of drug-likeness (QED) is 0.548. The van der Waals surface area contributed by atoms with Crippen molar-refractivity contribution in [3.63, 3.8) is 0 Å². The number of halogens is 1. The van der Waals surface area contributed by atoms with Gasteiger partial charge in [-0.1, -0.05) is 28.9 Å². The second kappa shape index (κ2) is 7.09. The van der Waals surface area contributed by atoms with Crippen LogP contribution in [0.1, 0.15) is 41.5 Å². The third-order valence-electron chi connectivity index (χ3n) is 5.04. The fourth-order valence-corrected chi connectivity index (χ4v) is 3.68. The van der Waals surface area contributed by atoms with Gasteiger partial charge in [-0.3, -0.25) is 4.79 Å².